The Kier molecular flexibility index (Phi) is 9.76. The normalized spacial score (nSPS) is 27.0. The van der Waals surface area contributed by atoms with Crippen LogP contribution in [0.15, 0.2) is 24.3 Å². The molecule has 0 unspecified atom stereocenters. The first kappa shape index (κ1) is 28.4. The van der Waals surface area contributed by atoms with E-state index in [1.165, 1.54) is 26.4 Å². The fourth-order valence-electron chi connectivity index (χ4n) is 4.19. The molecule has 0 spiro atoms. The van der Waals surface area contributed by atoms with E-state index >= 15 is 0 Å². The molecule has 1 saturated heterocycles. The maximum absolute atomic E-state index is 13.3. The van der Waals surface area contributed by atoms with Crippen LogP contribution in [0.5, 0.6) is 11.5 Å². The molecule has 36 heavy (non-hydrogen) atoms. The van der Waals surface area contributed by atoms with Gasteiger partial charge in [0.05, 0.1) is 17.6 Å². The number of carbonyl (C=O) groups is 1. The number of esters is 1. The summed E-state index contributed by atoms with van der Waals surface area (Å²) in [6, 6.07) is 2.99. The van der Waals surface area contributed by atoms with Gasteiger partial charge in [0, 0.05) is 26.7 Å². The molecule has 10 nitrogen and oxygen atoms in total. The molecule has 2 heterocycles. The Labute approximate surface area is 212 Å². The fourth-order valence-corrected chi connectivity index (χ4v) is 5.65. The van der Waals surface area contributed by atoms with Gasteiger partial charge in [-0.2, -0.15) is 0 Å². The van der Waals surface area contributed by atoms with Crippen LogP contribution in [0.4, 0.5) is 0 Å². The molecule has 202 valence electrons. The van der Waals surface area contributed by atoms with E-state index in [0.717, 1.165) is 0 Å². The number of cyclic esters (lactones) is 1. The van der Waals surface area contributed by atoms with Crippen molar-refractivity contribution in [3.63, 3.8) is 0 Å². The summed E-state index contributed by atoms with van der Waals surface area (Å²) in [4.78, 5) is 13.3. The van der Waals surface area contributed by atoms with Crippen molar-refractivity contribution in [2.45, 2.75) is 69.9 Å². The first-order valence-electron chi connectivity index (χ1n) is 11.9. The second kappa shape index (κ2) is 12.4. The molecule has 0 aliphatic carbocycles. The van der Waals surface area contributed by atoms with Crippen LogP contribution in [0.2, 0.25) is 0 Å². The lowest BCUT2D eigenvalue weighted by Gasteiger charge is -2.19. The Hall–Kier alpha value is -2.18. The van der Waals surface area contributed by atoms with Crippen LogP contribution in [0.3, 0.4) is 0 Å². The van der Waals surface area contributed by atoms with Gasteiger partial charge in [-0.25, -0.2) is 13.2 Å². The summed E-state index contributed by atoms with van der Waals surface area (Å²) in [5.41, 5.74) is 0.244. The van der Waals surface area contributed by atoms with Crippen molar-refractivity contribution in [1.29, 1.82) is 0 Å². The van der Waals surface area contributed by atoms with E-state index in [1.54, 1.807) is 6.92 Å². The van der Waals surface area contributed by atoms with Gasteiger partial charge in [0.2, 0.25) is 0 Å². The minimum atomic E-state index is -3.62. The molecule has 3 rings (SSSR count). The lowest BCUT2D eigenvalue weighted by atomic mass is 10.1. The SMILES string of the molecule is COCOc1cc2c(c(OCOC)c1)C(=O)O[C@@H](C)C/C=C/[C@H]1OC(C)(C)O[C@H]1CCCS(=O)(=O)C2. The number of sulfone groups is 1. The van der Waals surface area contributed by atoms with Crippen molar-refractivity contribution in [2.75, 3.05) is 33.6 Å². The van der Waals surface area contributed by atoms with Gasteiger partial charge < -0.3 is 33.2 Å². The fraction of sp³-hybridized carbons (Fsp3) is 0.640. The van der Waals surface area contributed by atoms with Gasteiger partial charge in [0.25, 0.3) is 0 Å². The molecule has 0 aromatic heterocycles. The molecular weight excluding hydrogens is 492 g/mol. The molecule has 1 aromatic rings. The number of carbonyl (C=O) groups excluding carboxylic acids is 1. The summed E-state index contributed by atoms with van der Waals surface area (Å²) in [6.45, 7) is 5.20. The zero-order valence-electron chi connectivity index (χ0n) is 21.5. The third-order valence-electron chi connectivity index (χ3n) is 5.68. The van der Waals surface area contributed by atoms with Crippen LogP contribution in [-0.4, -0.2) is 72.0 Å². The van der Waals surface area contributed by atoms with Crippen molar-refractivity contribution < 1.29 is 46.4 Å². The van der Waals surface area contributed by atoms with Crippen molar-refractivity contribution in [2.24, 2.45) is 0 Å². The number of ether oxygens (including phenoxy) is 7. The van der Waals surface area contributed by atoms with E-state index in [2.05, 4.69) is 0 Å². The highest BCUT2D eigenvalue weighted by molar-refractivity contribution is 7.90. The van der Waals surface area contributed by atoms with Crippen LogP contribution in [0.1, 0.15) is 56.0 Å². The Balaban J connectivity index is 1.98. The lowest BCUT2D eigenvalue weighted by molar-refractivity contribution is -0.143. The Morgan fingerprint density at radius 1 is 1.08 bits per heavy atom. The molecule has 0 radical (unpaired) electrons. The number of hydrogen-bond acceptors (Lipinski definition) is 10. The summed E-state index contributed by atoms with van der Waals surface area (Å²) in [7, 11) is -0.715. The highest BCUT2D eigenvalue weighted by Crippen LogP contribution is 2.34. The summed E-state index contributed by atoms with van der Waals surface area (Å²) >= 11 is 0. The van der Waals surface area contributed by atoms with Crippen LogP contribution < -0.4 is 9.47 Å². The number of fused-ring (bicyclic) bond motifs is 2. The monoisotopic (exact) mass is 528 g/mol. The molecule has 1 fully saturated rings. The maximum Gasteiger partial charge on any atom is 0.342 e. The number of hydrogen-bond donors (Lipinski definition) is 0. The maximum atomic E-state index is 13.3. The highest BCUT2D eigenvalue weighted by atomic mass is 32.2. The molecular formula is C25H36O10S. The third-order valence-corrected chi connectivity index (χ3v) is 7.34. The van der Waals surface area contributed by atoms with Gasteiger partial charge in [-0.15, -0.1) is 0 Å². The molecule has 0 saturated carbocycles. The molecule has 0 amide bonds. The predicted molar refractivity (Wildman–Crippen MR) is 131 cm³/mol. The lowest BCUT2D eigenvalue weighted by Crippen LogP contribution is -2.22. The predicted octanol–water partition coefficient (Wildman–Crippen LogP) is 3.37. The molecule has 0 bridgehead atoms. The van der Waals surface area contributed by atoms with E-state index < -0.39 is 33.5 Å². The largest absolute Gasteiger partial charge is 0.467 e. The molecule has 0 N–H and O–H groups in total. The van der Waals surface area contributed by atoms with E-state index in [1.807, 2.05) is 26.0 Å². The van der Waals surface area contributed by atoms with Crippen LogP contribution in [-0.2, 0) is 39.3 Å². The van der Waals surface area contributed by atoms with Crippen LogP contribution >= 0.6 is 0 Å². The summed E-state index contributed by atoms with van der Waals surface area (Å²) in [5, 5.41) is 0. The van der Waals surface area contributed by atoms with Crippen molar-refractivity contribution in [1.82, 2.24) is 0 Å². The van der Waals surface area contributed by atoms with E-state index in [4.69, 9.17) is 33.2 Å². The molecule has 2 aliphatic heterocycles. The van der Waals surface area contributed by atoms with Gasteiger partial charge >= 0.3 is 5.97 Å². The first-order valence-corrected chi connectivity index (χ1v) is 13.7. The van der Waals surface area contributed by atoms with Gasteiger partial charge in [-0.1, -0.05) is 12.2 Å². The Morgan fingerprint density at radius 3 is 2.53 bits per heavy atom. The second-order valence-corrected chi connectivity index (χ2v) is 11.5. The highest BCUT2D eigenvalue weighted by Gasteiger charge is 2.39. The molecule has 11 heteroatoms. The van der Waals surface area contributed by atoms with Crippen LogP contribution in [0, 0.1) is 0 Å². The quantitative estimate of drug-likeness (QED) is 0.309. The van der Waals surface area contributed by atoms with Gasteiger partial charge in [0.1, 0.15) is 29.3 Å². The molecule has 3 atom stereocenters. The third kappa shape index (κ3) is 7.91. The zero-order valence-corrected chi connectivity index (χ0v) is 22.3. The summed E-state index contributed by atoms with van der Waals surface area (Å²) in [6.07, 6.45) is 4.02. The summed E-state index contributed by atoms with van der Waals surface area (Å²) in [5.74, 6) is -1.55. The van der Waals surface area contributed by atoms with E-state index in [-0.39, 0.29) is 48.4 Å². The number of rotatable bonds is 6. The standard InChI is InChI=1S/C25H36O10S/c1-17-8-6-9-20-21(35-25(2,3)34-20)10-7-11-36(27,28)14-18-12-19(31-15-29-4)13-22(32-16-30-5)23(18)24(26)33-17/h6,9,12-13,17,20-21H,7-8,10-11,14-16H2,1-5H3/b9-6+/t17-,20+,21-/m0/s1. The van der Waals surface area contributed by atoms with Gasteiger partial charge in [0.15, 0.2) is 29.2 Å². The van der Waals surface area contributed by atoms with Gasteiger partial charge in [-0.3, -0.25) is 0 Å². The minimum absolute atomic E-state index is 0.0244. The van der Waals surface area contributed by atoms with Crippen LogP contribution in [0.25, 0.3) is 0 Å². The van der Waals surface area contributed by atoms with Crippen molar-refractivity contribution in [3.05, 3.63) is 35.4 Å². The number of benzene rings is 1. The van der Waals surface area contributed by atoms with E-state index in [9.17, 15) is 13.2 Å². The second-order valence-electron chi connectivity index (χ2n) is 9.31. The number of methoxy groups -OCH3 is 2. The Bertz CT molecular complexity index is 1030. The van der Waals surface area contributed by atoms with E-state index in [0.29, 0.717) is 25.0 Å². The first-order chi connectivity index (χ1) is 17.0. The summed E-state index contributed by atoms with van der Waals surface area (Å²) < 4.78 is 65.0. The smallest absolute Gasteiger partial charge is 0.342 e. The zero-order chi connectivity index (χ0) is 26.3. The minimum Gasteiger partial charge on any atom is -0.467 e. The average Bonchev–Trinajstić information content (AvgIpc) is 3.07. The molecule has 2 aliphatic rings. The molecule has 1 aromatic carbocycles. The Morgan fingerprint density at radius 2 is 1.81 bits per heavy atom. The van der Waals surface area contributed by atoms with Crippen molar-refractivity contribution in [3.8, 4) is 11.5 Å². The topological polar surface area (TPSA) is 116 Å². The van der Waals surface area contributed by atoms with Crippen molar-refractivity contribution >= 4 is 15.8 Å². The van der Waals surface area contributed by atoms with Gasteiger partial charge in [-0.05, 0) is 45.2 Å². The average molecular weight is 529 g/mol.